The molecule has 0 bridgehead atoms. The van der Waals surface area contributed by atoms with Crippen molar-refractivity contribution in [1.82, 2.24) is 9.88 Å². The number of hydrogen-bond acceptors (Lipinski definition) is 4. The summed E-state index contributed by atoms with van der Waals surface area (Å²) in [5.74, 6) is -1.38. The highest BCUT2D eigenvalue weighted by molar-refractivity contribution is 6.46. The van der Waals surface area contributed by atoms with Gasteiger partial charge in [0.15, 0.2) is 0 Å². The molecule has 1 saturated heterocycles. The minimum Gasteiger partial charge on any atom is -0.507 e. The van der Waals surface area contributed by atoms with E-state index in [1.54, 1.807) is 36.7 Å². The van der Waals surface area contributed by atoms with Gasteiger partial charge in [0.1, 0.15) is 5.76 Å². The van der Waals surface area contributed by atoms with Crippen LogP contribution in [0.25, 0.3) is 5.76 Å². The summed E-state index contributed by atoms with van der Waals surface area (Å²) >= 11 is 12.1. The molecule has 1 unspecified atom stereocenters. The van der Waals surface area contributed by atoms with Crippen molar-refractivity contribution in [3.8, 4) is 0 Å². The van der Waals surface area contributed by atoms with Crippen molar-refractivity contribution in [3.63, 3.8) is 0 Å². The predicted molar refractivity (Wildman–Crippen MR) is 129 cm³/mol. The van der Waals surface area contributed by atoms with E-state index in [0.29, 0.717) is 16.5 Å². The number of aliphatic hydroxyl groups is 1. The Hall–Kier alpha value is -3.15. The second kappa shape index (κ2) is 9.38. The summed E-state index contributed by atoms with van der Waals surface area (Å²) in [7, 11) is 0. The normalized spacial score (nSPS) is 17.7. The molecule has 0 spiro atoms. The van der Waals surface area contributed by atoms with Crippen molar-refractivity contribution >= 4 is 40.7 Å². The molecule has 1 fully saturated rings. The van der Waals surface area contributed by atoms with Gasteiger partial charge in [0.05, 0.1) is 21.7 Å². The predicted octanol–water partition coefficient (Wildman–Crippen LogP) is 6.13. The summed E-state index contributed by atoms with van der Waals surface area (Å²) in [6.07, 6.45) is 3.27. The van der Waals surface area contributed by atoms with E-state index in [9.17, 15) is 14.7 Å². The number of carbonyl (C=O) groups excluding carboxylic acids is 2. The van der Waals surface area contributed by atoms with Crippen molar-refractivity contribution in [2.45, 2.75) is 32.4 Å². The molecule has 1 N–H and O–H groups in total. The lowest BCUT2D eigenvalue weighted by atomic mass is 9.93. The van der Waals surface area contributed by atoms with E-state index in [0.717, 1.165) is 16.7 Å². The van der Waals surface area contributed by atoms with Crippen molar-refractivity contribution in [3.05, 3.63) is 105 Å². The molecule has 1 amide bonds. The maximum absolute atomic E-state index is 13.2. The van der Waals surface area contributed by atoms with Crippen LogP contribution in [-0.4, -0.2) is 26.7 Å². The number of aliphatic hydroxyl groups excluding tert-OH is 1. The van der Waals surface area contributed by atoms with Gasteiger partial charge in [0.25, 0.3) is 11.7 Å². The summed E-state index contributed by atoms with van der Waals surface area (Å²) in [6, 6.07) is 15.2. The number of ketones is 1. The highest BCUT2D eigenvalue weighted by Crippen LogP contribution is 2.41. The van der Waals surface area contributed by atoms with E-state index in [2.05, 4.69) is 18.8 Å². The average Bonchev–Trinajstić information content (AvgIpc) is 3.06. The number of pyridine rings is 1. The quantitative estimate of drug-likeness (QED) is 0.270. The number of likely N-dealkylation sites (tertiary alicyclic amines) is 1. The molecule has 0 radical (unpaired) electrons. The van der Waals surface area contributed by atoms with Gasteiger partial charge in [-0.05, 0) is 52.9 Å². The molecule has 2 aromatic carbocycles. The standard InChI is InChI=1S/C26H22Cl2N2O3/c1-15(2)17-3-5-18(6-4-17)23-22(24(31)19-7-8-20(27)21(28)13-19)25(32)26(33)30(23)14-16-9-11-29-12-10-16/h3-13,15,23,31H,14H2,1-2H3/b24-22-. The Morgan fingerprint density at radius 1 is 1.00 bits per heavy atom. The molecular weight excluding hydrogens is 459 g/mol. The van der Waals surface area contributed by atoms with Gasteiger partial charge in [0.2, 0.25) is 0 Å². The maximum Gasteiger partial charge on any atom is 0.295 e. The molecule has 4 rings (SSSR count). The lowest BCUT2D eigenvalue weighted by Crippen LogP contribution is -2.29. The van der Waals surface area contributed by atoms with Crippen molar-refractivity contribution in [1.29, 1.82) is 0 Å². The zero-order valence-corrected chi connectivity index (χ0v) is 19.6. The second-order valence-corrected chi connectivity index (χ2v) is 9.05. The van der Waals surface area contributed by atoms with E-state index in [-0.39, 0.29) is 22.9 Å². The zero-order chi connectivity index (χ0) is 23.7. The molecule has 1 aliphatic heterocycles. The fraction of sp³-hybridized carbons (Fsp3) is 0.192. The van der Waals surface area contributed by atoms with Gasteiger partial charge in [-0.15, -0.1) is 0 Å². The molecule has 1 atom stereocenters. The molecular formula is C26H22Cl2N2O3. The topological polar surface area (TPSA) is 70.5 Å². The second-order valence-electron chi connectivity index (χ2n) is 8.23. The van der Waals surface area contributed by atoms with Crippen LogP contribution in [0, 0.1) is 0 Å². The number of aromatic nitrogens is 1. The van der Waals surface area contributed by atoms with E-state index in [1.165, 1.54) is 11.0 Å². The first-order chi connectivity index (χ1) is 15.8. The molecule has 7 heteroatoms. The number of nitrogens with zero attached hydrogens (tertiary/aromatic N) is 2. The molecule has 33 heavy (non-hydrogen) atoms. The number of hydrogen-bond donors (Lipinski definition) is 1. The van der Waals surface area contributed by atoms with Crippen LogP contribution in [0.4, 0.5) is 0 Å². The summed E-state index contributed by atoms with van der Waals surface area (Å²) in [4.78, 5) is 31.7. The smallest absolute Gasteiger partial charge is 0.295 e. The third-order valence-electron chi connectivity index (χ3n) is 5.75. The molecule has 168 valence electrons. The largest absolute Gasteiger partial charge is 0.507 e. The molecule has 1 aromatic heterocycles. The third kappa shape index (κ3) is 4.52. The first-order valence-electron chi connectivity index (χ1n) is 10.5. The Kier molecular flexibility index (Phi) is 6.54. The monoisotopic (exact) mass is 480 g/mol. The summed E-state index contributed by atoms with van der Waals surface area (Å²) in [5, 5.41) is 11.7. The Balaban J connectivity index is 1.86. The minimum atomic E-state index is -0.756. The molecule has 0 saturated carbocycles. The van der Waals surface area contributed by atoms with Gasteiger partial charge in [0, 0.05) is 24.5 Å². The first-order valence-corrected chi connectivity index (χ1v) is 11.3. The number of benzene rings is 2. The number of amides is 1. The minimum absolute atomic E-state index is 0.0183. The Morgan fingerprint density at radius 2 is 1.67 bits per heavy atom. The molecule has 5 nitrogen and oxygen atoms in total. The van der Waals surface area contributed by atoms with Crippen LogP contribution in [0.2, 0.25) is 10.0 Å². The van der Waals surface area contributed by atoms with E-state index in [1.807, 2.05) is 24.3 Å². The highest BCUT2D eigenvalue weighted by Gasteiger charge is 2.46. The molecule has 2 heterocycles. The van der Waals surface area contributed by atoms with Crippen LogP contribution >= 0.6 is 23.2 Å². The van der Waals surface area contributed by atoms with Crippen LogP contribution in [0.5, 0.6) is 0 Å². The van der Waals surface area contributed by atoms with E-state index < -0.39 is 17.7 Å². The zero-order valence-electron chi connectivity index (χ0n) is 18.1. The first kappa shape index (κ1) is 23.0. The van der Waals surface area contributed by atoms with Crippen LogP contribution in [0.1, 0.15) is 48.1 Å². The number of carbonyl (C=O) groups is 2. The lowest BCUT2D eigenvalue weighted by molar-refractivity contribution is -0.140. The molecule has 3 aromatic rings. The van der Waals surface area contributed by atoms with Gasteiger partial charge in [-0.25, -0.2) is 0 Å². The van der Waals surface area contributed by atoms with Crippen molar-refractivity contribution < 1.29 is 14.7 Å². The lowest BCUT2D eigenvalue weighted by Gasteiger charge is -2.25. The van der Waals surface area contributed by atoms with Crippen LogP contribution in [0.15, 0.2) is 72.6 Å². The SMILES string of the molecule is CC(C)c1ccc(C2/C(=C(/O)c3ccc(Cl)c(Cl)c3)C(=O)C(=O)N2Cc2ccncc2)cc1. The number of Topliss-reactive ketones (excluding diaryl/α,β-unsaturated/α-hetero) is 1. The van der Waals surface area contributed by atoms with Gasteiger partial charge < -0.3 is 10.0 Å². The Bertz CT molecular complexity index is 1240. The fourth-order valence-corrected chi connectivity index (χ4v) is 4.23. The van der Waals surface area contributed by atoms with Crippen molar-refractivity contribution in [2.24, 2.45) is 0 Å². The van der Waals surface area contributed by atoms with Crippen LogP contribution in [-0.2, 0) is 16.1 Å². The summed E-state index contributed by atoms with van der Waals surface area (Å²) in [5.41, 5.74) is 3.02. The Labute approximate surface area is 202 Å². The highest BCUT2D eigenvalue weighted by atomic mass is 35.5. The van der Waals surface area contributed by atoms with Crippen molar-refractivity contribution in [2.75, 3.05) is 0 Å². The van der Waals surface area contributed by atoms with Crippen LogP contribution < -0.4 is 0 Å². The average molecular weight is 481 g/mol. The summed E-state index contributed by atoms with van der Waals surface area (Å²) < 4.78 is 0. The van der Waals surface area contributed by atoms with Crippen LogP contribution in [0.3, 0.4) is 0 Å². The Morgan fingerprint density at radius 3 is 2.27 bits per heavy atom. The van der Waals surface area contributed by atoms with E-state index >= 15 is 0 Å². The third-order valence-corrected chi connectivity index (χ3v) is 6.49. The van der Waals surface area contributed by atoms with Gasteiger partial charge in [-0.1, -0.05) is 61.3 Å². The fourth-order valence-electron chi connectivity index (χ4n) is 3.94. The molecule has 1 aliphatic rings. The van der Waals surface area contributed by atoms with Gasteiger partial charge in [-0.2, -0.15) is 0 Å². The van der Waals surface area contributed by atoms with E-state index in [4.69, 9.17) is 23.2 Å². The van der Waals surface area contributed by atoms with Gasteiger partial charge in [-0.3, -0.25) is 14.6 Å². The van der Waals surface area contributed by atoms with Gasteiger partial charge >= 0.3 is 0 Å². The maximum atomic E-state index is 13.2. The number of rotatable bonds is 5. The summed E-state index contributed by atoms with van der Waals surface area (Å²) in [6.45, 7) is 4.38. The number of halogens is 2. The molecule has 0 aliphatic carbocycles.